The van der Waals surface area contributed by atoms with Crippen LogP contribution in [0.15, 0.2) is 67.1 Å². The van der Waals surface area contributed by atoms with Crippen LogP contribution in [0.2, 0.25) is 0 Å². The topological polar surface area (TPSA) is 71.8 Å². The Morgan fingerprint density at radius 2 is 1.97 bits per heavy atom. The largest absolute Gasteiger partial charge is 0.487 e. The zero-order valence-corrected chi connectivity index (χ0v) is 20.3. The Kier molecular flexibility index (Phi) is 6.66. The zero-order chi connectivity index (χ0) is 24.2. The molecule has 1 fully saturated rings. The van der Waals surface area contributed by atoms with Crippen molar-refractivity contribution in [1.82, 2.24) is 19.7 Å². The van der Waals surface area contributed by atoms with E-state index in [-0.39, 0.29) is 5.91 Å². The normalized spacial score (nSPS) is 14.3. The number of aromatic nitrogens is 3. The number of nitrogens with one attached hydrogen (secondary N) is 1. The summed E-state index contributed by atoms with van der Waals surface area (Å²) in [6.45, 7) is 7.22. The second kappa shape index (κ2) is 10.2. The third-order valence-electron chi connectivity index (χ3n) is 6.50. The van der Waals surface area contributed by atoms with Crippen molar-refractivity contribution in [1.29, 1.82) is 0 Å². The molecular weight excluding hydrogens is 438 g/mol. The molecule has 35 heavy (non-hydrogen) atoms. The van der Waals surface area contributed by atoms with E-state index in [2.05, 4.69) is 27.1 Å². The maximum Gasteiger partial charge on any atom is 0.251 e. The molecule has 0 radical (unpaired) electrons. The number of aryl methyl sites for hydroxylation is 1. The molecule has 0 bridgehead atoms. The van der Waals surface area contributed by atoms with Crippen molar-refractivity contribution in [2.24, 2.45) is 5.92 Å². The molecule has 7 heteroatoms. The van der Waals surface area contributed by atoms with Crippen LogP contribution in [-0.2, 0) is 13.2 Å². The monoisotopic (exact) mass is 469 g/mol. The number of carbonyl (C=O) groups excluding carboxylic acids is 1. The molecule has 3 aromatic heterocycles. The first-order chi connectivity index (χ1) is 17.0. The van der Waals surface area contributed by atoms with Gasteiger partial charge in [0, 0.05) is 43.8 Å². The Hall–Kier alpha value is -3.87. The third-order valence-corrected chi connectivity index (χ3v) is 6.50. The number of hydrogen-bond acceptors (Lipinski definition) is 5. The van der Waals surface area contributed by atoms with Crippen LogP contribution in [0.1, 0.15) is 46.9 Å². The summed E-state index contributed by atoms with van der Waals surface area (Å²) in [5.41, 5.74) is 4.42. The molecule has 0 unspecified atom stereocenters. The summed E-state index contributed by atoms with van der Waals surface area (Å²) in [4.78, 5) is 24.3. The molecular formula is C28H31N5O2. The number of hydrogen-bond donors (Lipinski definition) is 1. The standard InChI is InChI=1S/C28H31N5O2/c1-20-10-12-32(13-11-20)26-9-7-22(15-29-26)16-30-28(34)23-4-3-5-25(14-23)35-19-24-18-33-17-21(2)6-8-27(33)31-24/h3-9,14-15,17-18,20H,10-13,16,19H2,1-2H3,(H,30,34). The van der Waals surface area contributed by atoms with E-state index >= 15 is 0 Å². The fraction of sp³-hybridized carbons (Fsp3) is 0.321. The Morgan fingerprint density at radius 3 is 2.77 bits per heavy atom. The Labute approximate surface area is 205 Å². The predicted octanol–water partition coefficient (Wildman–Crippen LogP) is 4.78. The van der Waals surface area contributed by atoms with Gasteiger partial charge in [0.05, 0.1) is 5.69 Å². The Morgan fingerprint density at radius 1 is 1.11 bits per heavy atom. The lowest BCUT2D eigenvalue weighted by molar-refractivity contribution is 0.0950. The molecule has 4 aromatic rings. The number of amides is 1. The lowest BCUT2D eigenvalue weighted by atomic mass is 9.99. The van der Waals surface area contributed by atoms with Gasteiger partial charge in [0.1, 0.15) is 23.8 Å². The van der Waals surface area contributed by atoms with E-state index in [9.17, 15) is 4.79 Å². The van der Waals surface area contributed by atoms with Crippen LogP contribution in [0.4, 0.5) is 5.82 Å². The number of fused-ring (bicyclic) bond motifs is 1. The van der Waals surface area contributed by atoms with Crippen molar-refractivity contribution in [3.05, 3.63) is 89.5 Å². The molecule has 1 aliphatic rings. The first-order valence-corrected chi connectivity index (χ1v) is 12.2. The number of ether oxygens (including phenoxy) is 1. The summed E-state index contributed by atoms with van der Waals surface area (Å²) in [5, 5.41) is 2.98. The fourth-order valence-corrected chi connectivity index (χ4v) is 4.34. The summed E-state index contributed by atoms with van der Waals surface area (Å²) in [5.74, 6) is 2.29. The minimum Gasteiger partial charge on any atom is -0.487 e. The number of benzene rings is 1. The molecule has 5 rings (SSSR count). The van der Waals surface area contributed by atoms with Gasteiger partial charge in [0.15, 0.2) is 0 Å². The van der Waals surface area contributed by atoms with Crippen LogP contribution in [0, 0.1) is 12.8 Å². The molecule has 7 nitrogen and oxygen atoms in total. The highest BCUT2D eigenvalue weighted by atomic mass is 16.5. The molecule has 0 spiro atoms. The first kappa shape index (κ1) is 22.9. The number of imidazole rings is 1. The van der Waals surface area contributed by atoms with Crippen LogP contribution < -0.4 is 15.0 Å². The maximum atomic E-state index is 12.7. The molecule has 4 heterocycles. The van der Waals surface area contributed by atoms with Gasteiger partial charge in [-0.05, 0) is 67.1 Å². The van der Waals surface area contributed by atoms with Gasteiger partial charge in [-0.2, -0.15) is 0 Å². The third kappa shape index (κ3) is 5.62. The van der Waals surface area contributed by atoms with E-state index in [0.29, 0.717) is 24.5 Å². The van der Waals surface area contributed by atoms with Crippen LogP contribution in [0.3, 0.4) is 0 Å². The number of anilines is 1. The van der Waals surface area contributed by atoms with Crippen LogP contribution >= 0.6 is 0 Å². The van der Waals surface area contributed by atoms with Gasteiger partial charge in [-0.1, -0.05) is 25.1 Å². The smallest absolute Gasteiger partial charge is 0.251 e. The van der Waals surface area contributed by atoms with E-state index in [4.69, 9.17) is 4.74 Å². The number of piperidine rings is 1. The highest BCUT2D eigenvalue weighted by Crippen LogP contribution is 2.21. The van der Waals surface area contributed by atoms with Crippen molar-refractivity contribution in [2.75, 3.05) is 18.0 Å². The quantitative estimate of drug-likeness (QED) is 0.422. The van der Waals surface area contributed by atoms with E-state index < -0.39 is 0 Å². The van der Waals surface area contributed by atoms with Crippen molar-refractivity contribution >= 4 is 17.4 Å². The number of carbonyl (C=O) groups is 1. The summed E-state index contributed by atoms with van der Waals surface area (Å²) < 4.78 is 7.90. The van der Waals surface area contributed by atoms with E-state index in [1.807, 2.05) is 66.3 Å². The fourth-order valence-electron chi connectivity index (χ4n) is 4.34. The van der Waals surface area contributed by atoms with Crippen molar-refractivity contribution in [3.63, 3.8) is 0 Å². The second-order valence-corrected chi connectivity index (χ2v) is 9.40. The summed E-state index contributed by atoms with van der Waals surface area (Å²) in [7, 11) is 0. The number of pyridine rings is 2. The summed E-state index contributed by atoms with van der Waals surface area (Å²) in [6, 6.07) is 15.3. The predicted molar refractivity (Wildman–Crippen MR) is 137 cm³/mol. The molecule has 0 saturated carbocycles. The van der Waals surface area contributed by atoms with E-state index in [1.165, 1.54) is 18.4 Å². The Balaban J connectivity index is 1.15. The average molecular weight is 470 g/mol. The number of nitrogens with zero attached hydrogens (tertiary/aromatic N) is 4. The van der Waals surface area contributed by atoms with E-state index in [0.717, 1.165) is 41.7 Å². The first-order valence-electron chi connectivity index (χ1n) is 12.2. The van der Waals surface area contributed by atoms with Crippen molar-refractivity contribution in [2.45, 2.75) is 39.8 Å². The summed E-state index contributed by atoms with van der Waals surface area (Å²) in [6.07, 6.45) is 8.27. The molecule has 1 saturated heterocycles. The molecule has 0 atom stereocenters. The van der Waals surface area contributed by atoms with E-state index in [1.54, 1.807) is 12.1 Å². The molecule has 1 N–H and O–H groups in total. The molecule has 1 aliphatic heterocycles. The van der Waals surface area contributed by atoms with Gasteiger partial charge in [0.25, 0.3) is 5.91 Å². The van der Waals surface area contributed by atoms with Crippen molar-refractivity contribution < 1.29 is 9.53 Å². The molecule has 180 valence electrons. The van der Waals surface area contributed by atoms with Gasteiger partial charge >= 0.3 is 0 Å². The van der Waals surface area contributed by atoms with Gasteiger partial charge in [-0.3, -0.25) is 4.79 Å². The van der Waals surface area contributed by atoms with Crippen LogP contribution in [0.5, 0.6) is 5.75 Å². The van der Waals surface area contributed by atoms with Gasteiger partial charge in [-0.25, -0.2) is 9.97 Å². The minimum atomic E-state index is -0.146. The highest BCUT2D eigenvalue weighted by molar-refractivity contribution is 5.94. The van der Waals surface area contributed by atoms with Crippen LogP contribution in [-0.4, -0.2) is 33.4 Å². The van der Waals surface area contributed by atoms with Gasteiger partial charge in [0.2, 0.25) is 0 Å². The lowest BCUT2D eigenvalue weighted by Gasteiger charge is -2.31. The van der Waals surface area contributed by atoms with Gasteiger partial charge in [-0.15, -0.1) is 0 Å². The Bertz CT molecular complexity index is 1310. The van der Waals surface area contributed by atoms with Gasteiger partial charge < -0.3 is 19.4 Å². The highest BCUT2D eigenvalue weighted by Gasteiger charge is 2.16. The lowest BCUT2D eigenvalue weighted by Crippen LogP contribution is -2.33. The SMILES string of the molecule is Cc1ccc2nc(COc3cccc(C(=O)NCc4ccc(N5CCC(C)CC5)nc4)c3)cn2c1. The van der Waals surface area contributed by atoms with Crippen molar-refractivity contribution in [3.8, 4) is 5.75 Å². The second-order valence-electron chi connectivity index (χ2n) is 9.40. The molecule has 1 amide bonds. The number of rotatable bonds is 7. The zero-order valence-electron chi connectivity index (χ0n) is 20.3. The molecule has 0 aliphatic carbocycles. The maximum absolute atomic E-state index is 12.7. The minimum absolute atomic E-state index is 0.146. The average Bonchev–Trinajstić information content (AvgIpc) is 3.29. The molecule has 1 aromatic carbocycles. The van der Waals surface area contributed by atoms with Crippen LogP contribution in [0.25, 0.3) is 5.65 Å². The summed E-state index contributed by atoms with van der Waals surface area (Å²) >= 11 is 0.